The largest absolute Gasteiger partial charge is 0.507 e. The zero-order valence-electron chi connectivity index (χ0n) is 39.6. The van der Waals surface area contributed by atoms with Crippen molar-refractivity contribution >= 4 is 11.0 Å². The lowest BCUT2D eigenvalue weighted by Crippen LogP contribution is -2.17. The van der Waals surface area contributed by atoms with Crippen LogP contribution in [0.25, 0.3) is 72.7 Å². The number of fused-ring (bicyclic) bond motifs is 1. The van der Waals surface area contributed by atoms with Gasteiger partial charge < -0.3 is 5.11 Å². The van der Waals surface area contributed by atoms with E-state index in [0.717, 1.165) is 78.0 Å². The second-order valence-corrected chi connectivity index (χ2v) is 21.6. The van der Waals surface area contributed by atoms with E-state index in [1.165, 1.54) is 16.7 Å². The second-order valence-electron chi connectivity index (χ2n) is 21.6. The Balaban J connectivity index is 1.39. The second kappa shape index (κ2) is 15.8. The molecule has 0 amide bonds. The first kappa shape index (κ1) is 43.4. The maximum absolute atomic E-state index is 12.4. The summed E-state index contributed by atoms with van der Waals surface area (Å²) >= 11 is 0. The number of phenols is 1. The van der Waals surface area contributed by atoms with Crippen LogP contribution >= 0.6 is 0 Å². The zero-order valence-corrected chi connectivity index (χ0v) is 39.6. The van der Waals surface area contributed by atoms with Crippen molar-refractivity contribution in [3.8, 4) is 67.5 Å². The minimum absolute atomic E-state index is 0.0859. The van der Waals surface area contributed by atoms with Gasteiger partial charge in [-0.25, -0.2) is 4.98 Å². The lowest BCUT2D eigenvalue weighted by Gasteiger charge is -2.27. The topological polar surface area (TPSA) is 50.9 Å². The number of aromatic hydroxyl groups is 1. The molecule has 0 aliphatic carbocycles. The fraction of sp³-hybridized carbons (Fsp3) is 0.288. The molecule has 0 aliphatic heterocycles. The van der Waals surface area contributed by atoms with Crippen LogP contribution in [-0.2, 0) is 21.7 Å². The molecule has 0 radical (unpaired) electrons. The fourth-order valence-electron chi connectivity index (χ4n) is 8.57. The third-order valence-corrected chi connectivity index (χ3v) is 12.4. The SMILES string of the molecule is Cc1cc(-c2ccccc2)cc(-n2c(-c3cc(C(C)(C)C)cc(C(C)(C)C)c3O)nc3c(-c4cc(-c5cc(-c6ccc(C(C)(C)C)cc6)ccn5)cc(C(C)(C)C)c4)cccc32)c1. The van der Waals surface area contributed by atoms with E-state index in [4.69, 9.17) is 9.97 Å². The molecular weight excluding hydrogens is 767 g/mol. The van der Waals surface area contributed by atoms with Crippen molar-refractivity contribution in [1.29, 1.82) is 0 Å². The Morgan fingerprint density at radius 1 is 0.460 bits per heavy atom. The molecule has 2 aromatic heterocycles. The molecule has 0 bridgehead atoms. The molecule has 6 aromatic carbocycles. The molecule has 0 spiro atoms. The molecule has 320 valence electrons. The van der Waals surface area contributed by atoms with Crippen LogP contribution in [0.5, 0.6) is 5.75 Å². The molecule has 0 saturated carbocycles. The highest BCUT2D eigenvalue weighted by Crippen LogP contribution is 2.45. The summed E-state index contributed by atoms with van der Waals surface area (Å²) < 4.78 is 2.26. The van der Waals surface area contributed by atoms with Crippen LogP contribution in [0.4, 0.5) is 0 Å². The Hall–Kier alpha value is -6.26. The number of imidazole rings is 1. The highest BCUT2D eigenvalue weighted by molar-refractivity contribution is 5.97. The predicted molar refractivity (Wildman–Crippen MR) is 267 cm³/mol. The van der Waals surface area contributed by atoms with Gasteiger partial charge in [-0.2, -0.15) is 0 Å². The number of nitrogens with zero attached hydrogens (tertiary/aromatic N) is 3. The summed E-state index contributed by atoms with van der Waals surface area (Å²) in [6, 6.07) is 48.2. The molecule has 63 heavy (non-hydrogen) atoms. The summed E-state index contributed by atoms with van der Waals surface area (Å²) in [5.41, 5.74) is 17.4. The molecular formula is C59H63N3O. The van der Waals surface area contributed by atoms with Crippen LogP contribution in [0, 0.1) is 6.92 Å². The molecule has 0 fully saturated rings. The van der Waals surface area contributed by atoms with Crippen LogP contribution < -0.4 is 0 Å². The fourth-order valence-corrected chi connectivity index (χ4v) is 8.57. The summed E-state index contributed by atoms with van der Waals surface area (Å²) in [4.78, 5) is 10.6. The number of benzene rings is 6. The van der Waals surface area contributed by atoms with Gasteiger partial charge in [-0.15, -0.1) is 0 Å². The van der Waals surface area contributed by atoms with Gasteiger partial charge in [0, 0.05) is 28.6 Å². The van der Waals surface area contributed by atoms with E-state index in [-0.39, 0.29) is 27.4 Å². The molecule has 0 saturated heterocycles. The van der Waals surface area contributed by atoms with Gasteiger partial charge in [0.15, 0.2) is 0 Å². The van der Waals surface area contributed by atoms with E-state index in [1.807, 2.05) is 6.20 Å². The van der Waals surface area contributed by atoms with E-state index in [2.05, 4.69) is 228 Å². The Labute approximate surface area is 375 Å². The third kappa shape index (κ3) is 8.74. The highest BCUT2D eigenvalue weighted by atomic mass is 16.3. The summed E-state index contributed by atoms with van der Waals surface area (Å²) in [5.74, 6) is 0.968. The van der Waals surface area contributed by atoms with Gasteiger partial charge in [0.25, 0.3) is 0 Å². The van der Waals surface area contributed by atoms with Crippen LogP contribution in [0.3, 0.4) is 0 Å². The standard InChI is InChI=1S/C59H63N3O/c1-37-28-41(38-18-15-14-16-19-38)33-47(29-37)62-52-21-17-20-48(53(52)61-55(62)49-35-46(58(8,9)10)36-50(54(49)63)59(11,12)13)42-30-43(32-45(31-42)57(5,6)7)51-34-40(26-27-60-51)39-22-24-44(25-23-39)56(2,3)4/h14-36,63H,1-13H3. The van der Waals surface area contributed by atoms with E-state index < -0.39 is 0 Å². The minimum Gasteiger partial charge on any atom is -0.507 e. The number of aryl methyl sites for hydroxylation is 1. The Bertz CT molecular complexity index is 2980. The first-order chi connectivity index (χ1) is 29.6. The smallest absolute Gasteiger partial charge is 0.149 e. The average molecular weight is 830 g/mol. The van der Waals surface area contributed by atoms with Gasteiger partial charge in [-0.05, 0) is 127 Å². The molecule has 8 aromatic rings. The van der Waals surface area contributed by atoms with Crippen molar-refractivity contribution < 1.29 is 5.11 Å². The molecule has 4 nitrogen and oxygen atoms in total. The van der Waals surface area contributed by atoms with E-state index >= 15 is 0 Å². The normalized spacial score (nSPS) is 12.6. The molecule has 8 rings (SSSR count). The first-order valence-electron chi connectivity index (χ1n) is 22.4. The van der Waals surface area contributed by atoms with Gasteiger partial charge in [0.2, 0.25) is 0 Å². The van der Waals surface area contributed by atoms with Crippen LogP contribution in [0.15, 0.2) is 140 Å². The molecule has 1 N–H and O–H groups in total. The van der Waals surface area contributed by atoms with Gasteiger partial charge in [-0.1, -0.05) is 168 Å². The van der Waals surface area contributed by atoms with Crippen molar-refractivity contribution in [3.05, 3.63) is 167 Å². The van der Waals surface area contributed by atoms with Gasteiger partial charge in [-0.3, -0.25) is 9.55 Å². The summed E-state index contributed by atoms with van der Waals surface area (Å²) in [6.45, 7) is 28.9. The van der Waals surface area contributed by atoms with Crippen LogP contribution in [0.2, 0.25) is 0 Å². The van der Waals surface area contributed by atoms with Crippen LogP contribution in [-0.4, -0.2) is 19.6 Å². The van der Waals surface area contributed by atoms with Gasteiger partial charge >= 0.3 is 0 Å². The number of aromatic nitrogens is 3. The van der Waals surface area contributed by atoms with Gasteiger partial charge in [0.1, 0.15) is 11.6 Å². The molecule has 4 heteroatoms. The van der Waals surface area contributed by atoms with Crippen molar-refractivity contribution in [2.75, 3.05) is 0 Å². The number of pyridine rings is 1. The third-order valence-electron chi connectivity index (χ3n) is 12.4. The molecule has 0 aliphatic rings. The number of hydrogen-bond acceptors (Lipinski definition) is 3. The predicted octanol–water partition coefficient (Wildman–Crippen LogP) is 16.0. The molecule has 0 unspecified atom stereocenters. The van der Waals surface area contributed by atoms with Gasteiger partial charge in [0.05, 0.1) is 22.3 Å². The van der Waals surface area contributed by atoms with E-state index in [9.17, 15) is 5.11 Å². The summed E-state index contributed by atoms with van der Waals surface area (Å²) in [7, 11) is 0. The quantitative estimate of drug-likeness (QED) is 0.182. The zero-order chi connectivity index (χ0) is 45.2. The Kier molecular flexibility index (Phi) is 10.9. The van der Waals surface area contributed by atoms with Crippen molar-refractivity contribution in [1.82, 2.24) is 14.5 Å². The Morgan fingerprint density at radius 2 is 1.10 bits per heavy atom. The van der Waals surface area contributed by atoms with Crippen molar-refractivity contribution in [3.63, 3.8) is 0 Å². The maximum atomic E-state index is 12.4. The molecule has 2 heterocycles. The molecule has 0 atom stereocenters. The van der Waals surface area contributed by atoms with Crippen molar-refractivity contribution in [2.24, 2.45) is 0 Å². The Morgan fingerprint density at radius 3 is 1.75 bits per heavy atom. The first-order valence-corrected chi connectivity index (χ1v) is 22.4. The summed E-state index contributed by atoms with van der Waals surface area (Å²) in [5, 5.41) is 12.4. The van der Waals surface area contributed by atoms with E-state index in [0.29, 0.717) is 5.82 Å². The minimum atomic E-state index is -0.309. The average Bonchev–Trinajstić information content (AvgIpc) is 3.62. The number of phenolic OH excluding ortho intramolecular Hbond substituents is 1. The summed E-state index contributed by atoms with van der Waals surface area (Å²) in [6.07, 6.45) is 1.93. The van der Waals surface area contributed by atoms with Crippen molar-refractivity contribution in [2.45, 2.75) is 112 Å². The van der Waals surface area contributed by atoms with Crippen LogP contribution in [0.1, 0.15) is 111 Å². The monoisotopic (exact) mass is 829 g/mol. The lowest BCUT2D eigenvalue weighted by molar-refractivity contribution is 0.446. The lowest BCUT2D eigenvalue weighted by atomic mass is 9.79. The number of hydrogen-bond donors (Lipinski definition) is 1. The highest BCUT2D eigenvalue weighted by Gasteiger charge is 2.29. The number of rotatable bonds is 6. The number of para-hydroxylation sites is 1. The maximum Gasteiger partial charge on any atom is 0.149 e. The van der Waals surface area contributed by atoms with E-state index in [1.54, 1.807) is 0 Å².